The van der Waals surface area contributed by atoms with Crippen LogP contribution in [0.2, 0.25) is 0 Å². The maximum absolute atomic E-state index is 2.97. The minimum atomic E-state index is 0. The van der Waals surface area contributed by atoms with E-state index in [0.29, 0.717) is 0 Å². The van der Waals surface area contributed by atoms with Crippen LogP contribution in [-0.4, -0.2) is 6.26 Å². The van der Waals surface area contributed by atoms with Crippen LogP contribution in [0.4, 0.5) is 0 Å². The van der Waals surface area contributed by atoms with Gasteiger partial charge in [-0.3, -0.25) is 0 Å². The van der Waals surface area contributed by atoms with Crippen LogP contribution in [0.1, 0.15) is 0 Å². The van der Waals surface area contributed by atoms with Gasteiger partial charge in [0.25, 0.3) is 0 Å². The molecule has 0 aliphatic rings. The van der Waals surface area contributed by atoms with Crippen molar-refractivity contribution in [1.29, 1.82) is 0 Å². The van der Waals surface area contributed by atoms with Crippen molar-refractivity contribution in [3.05, 3.63) is 0 Å². The summed E-state index contributed by atoms with van der Waals surface area (Å²) in [4.78, 5) is 0. The molecule has 4 heavy (non-hydrogen) atoms. The van der Waals surface area contributed by atoms with Gasteiger partial charge in [0.2, 0.25) is 0 Å². The summed E-state index contributed by atoms with van der Waals surface area (Å²) in [6.07, 6.45) is 1.81. The standard InChI is InChI=1S/CH4S.2Na/c1-2;;/h2H,1H3;;/q;2*+1/p+1. The molecular formula is CH5Na2S+3. The topological polar surface area (TPSA) is 0 Å². The van der Waals surface area contributed by atoms with Gasteiger partial charge in [-0.25, -0.2) is 0 Å². The molecule has 0 heterocycles. The molecule has 0 unspecified atom stereocenters. The second-order valence-electron chi connectivity index (χ2n) is 0. The Hall–Kier alpha value is 2.35. The van der Waals surface area contributed by atoms with Crippen molar-refractivity contribution in [3.8, 4) is 0 Å². The molecule has 0 saturated heterocycles. The Morgan fingerprint density at radius 3 is 1.00 bits per heavy atom. The van der Waals surface area contributed by atoms with Gasteiger partial charge in [-0.2, -0.15) is 0 Å². The van der Waals surface area contributed by atoms with Gasteiger partial charge in [-0.15, -0.1) is 0 Å². The van der Waals surface area contributed by atoms with E-state index in [-0.39, 0.29) is 59.1 Å². The van der Waals surface area contributed by atoms with E-state index in [0.717, 1.165) is 0 Å². The maximum atomic E-state index is 2.97. The summed E-state index contributed by atoms with van der Waals surface area (Å²) in [6, 6.07) is 0. The van der Waals surface area contributed by atoms with E-state index in [4.69, 9.17) is 0 Å². The van der Waals surface area contributed by atoms with E-state index in [2.05, 4.69) is 12.6 Å². The number of hydrogen-bond donors (Lipinski definition) is 0. The summed E-state index contributed by atoms with van der Waals surface area (Å²) in [5.41, 5.74) is 0. The molecule has 0 atom stereocenters. The summed E-state index contributed by atoms with van der Waals surface area (Å²) in [5.74, 6) is 0. The van der Waals surface area contributed by atoms with E-state index in [1.54, 1.807) is 6.26 Å². The zero-order valence-electron chi connectivity index (χ0n) is 3.50. The number of hydrogen-bond acceptors (Lipinski definition) is 0. The van der Waals surface area contributed by atoms with Crippen LogP contribution in [0.5, 0.6) is 0 Å². The predicted octanol–water partition coefficient (Wildman–Crippen LogP) is -6.36. The fraction of sp³-hybridized carbons (Fsp3) is 1.00. The van der Waals surface area contributed by atoms with Crippen LogP contribution in [-0.2, 0) is 12.6 Å². The summed E-state index contributed by atoms with van der Waals surface area (Å²) >= 11 is 2.97. The van der Waals surface area contributed by atoms with Gasteiger partial charge in [0.15, 0.2) is 0 Å². The third-order valence-corrected chi connectivity index (χ3v) is 0. The van der Waals surface area contributed by atoms with Crippen molar-refractivity contribution >= 4 is 12.6 Å². The second kappa shape index (κ2) is 18.3. The van der Waals surface area contributed by atoms with Gasteiger partial charge in [0.1, 0.15) is 0 Å². The minimum Gasteiger partial charge on any atom is -0.0456 e. The summed E-state index contributed by atoms with van der Waals surface area (Å²) in [5, 5.41) is 0. The molecule has 14 valence electrons. The Bertz CT molecular complexity index is 6.00. The Kier molecular flexibility index (Phi) is 74.2. The monoisotopic (exact) mass is 95.0 g/mol. The normalized spacial score (nSPS) is 1.50. The quantitative estimate of drug-likeness (QED) is 0.207. The molecule has 0 aromatic heterocycles. The minimum absolute atomic E-state index is 0. The maximum Gasteiger partial charge on any atom is 1.00 e. The molecule has 0 saturated carbocycles. The SMILES string of the molecule is C[SH2+].[Na+].[Na+]. The molecular weight excluding hydrogens is 90.1 g/mol. The summed E-state index contributed by atoms with van der Waals surface area (Å²) in [7, 11) is 0. The van der Waals surface area contributed by atoms with Crippen molar-refractivity contribution in [3.63, 3.8) is 0 Å². The van der Waals surface area contributed by atoms with Crippen molar-refractivity contribution in [2.24, 2.45) is 0 Å². The Morgan fingerprint density at radius 1 is 1.00 bits per heavy atom. The third kappa shape index (κ3) is 8.84. The largest absolute Gasteiger partial charge is 1.00 e. The van der Waals surface area contributed by atoms with Crippen LogP contribution >= 0.6 is 0 Å². The molecule has 0 bridgehead atoms. The van der Waals surface area contributed by atoms with Crippen LogP contribution in [0, 0.1) is 0 Å². The first-order valence-electron chi connectivity index (χ1n) is 0.500. The zero-order chi connectivity index (χ0) is 2.00. The van der Waals surface area contributed by atoms with E-state index in [1.807, 2.05) is 0 Å². The van der Waals surface area contributed by atoms with Gasteiger partial charge >= 0.3 is 59.1 Å². The van der Waals surface area contributed by atoms with Gasteiger partial charge in [-0.05, 0) is 12.6 Å². The smallest absolute Gasteiger partial charge is 0.0456 e. The molecule has 0 aliphatic heterocycles. The van der Waals surface area contributed by atoms with Crippen molar-refractivity contribution in [2.75, 3.05) is 6.26 Å². The molecule has 0 amide bonds. The molecule has 3 heteroatoms. The second-order valence-corrected chi connectivity index (χ2v) is 0. The predicted molar refractivity (Wildman–Crippen MR) is 16.1 cm³/mol. The van der Waals surface area contributed by atoms with Gasteiger partial charge in [0, 0.05) is 0 Å². The Balaban J connectivity index is -0.00000000500. The third-order valence-electron chi connectivity index (χ3n) is 0. The molecule has 0 spiro atoms. The van der Waals surface area contributed by atoms with E-state index >= 15 is 0 Å². The molecule has 0 nitrogen and oxygen atoms in total. The van der Waals surface area contributed by atoms with Gasteiger partial charge in [-0.1, -0.05) is 0 Å². The first-order chi connectivity index (χ1) is 1.00. The van der Waals surface area contributed by atoms with E-state index < -0.39 is 0 Å². The molecule has 0 aromatic carbocycles. The molecule has 0 radical (unpaired) electrons. The van der Waals surface area contributed by atoms with Crippen molar-refractivity contribution in [2.45, 2.75) is 0 Å². The first kappa shape index (κ1) is 16.2. The van der Waals surface area contributed by atoms with E-state index in [1.165, 1.54) is 0 Å². The first-order valence-corrected chi connectivity index (χ1v) is 1.50. The summed E-state index contributed by atoms with van der Waals surface area (Å²) < 4.78 is 0. The summed E-state index contributed by atoms with van der Waals surface area (Å²) in [6.45, 7) is 0. The average molecular weight is 95.1 g/mol. The Morgan fingerprint density at radius 2 is 1.00 bits per heavy atom. The molecule has 0 aromatic rings. The van der Waals surface area contributed by atoms with Gasteiger partial charge < -0.3 is 0 Å². The molecule has 0 fully saturated rings. The Labute approximate surface area is 76.7 Å². The van der Waals surface area contributed by atoms with E-state index in [9.17, 15) is 0 Å². The van der Waals surface area contributed by atoms with Crippen LogP contribution in [0.15, 0.2) is 0 Å². The zero-order valence-corrected chi connectivity index (χ0v) is 8.50. The average Bonchev–Trinajstić information content (AvgIpc) is 1.00. The van der Waals surface area contributed by atoms with Crippen LogP contribution in [0.3, 0.4) is 0 Å². The molecule has 0 rings (SSSR count). The van der Waals surface area contributed by atoms with Crippen molar-refractivity contribution < 1.29 is 59.1 Å². The molecule has 0 aliphatic carbocycles. The van der Waals surface area contributed by atoms with Crippen molar-refractivity contribution in [1.82, 2.24) is 0 Å². The molecule has 0 N–H and O–H groups in total. The number of rotatable bonds is 0. The fourth-order valence-electron chi connectivity index (χ4n) is 0. The van der Waals surface area contributed by atoms with Gasteiger partial charge in [0.05, 0.1) is 6.26 Å². The van der Waals surface area contributed by atoms with Crippen LogP contribution < -0.4 is 59.1 Å². The fourth-order valence-corrected chi connectivity index (χ4v) is 0. The van der Waals surface area contributed by atoms with Crippen LogP contribution in [0.25, 0.3) is 0 Å².